The fraction of sp³-hybridized carbons (Fsp3) is 0.158. The molecule has 0 unspecified atom stereocenters. The van der Waals surface area contributed by atoms with Crippen LogP contribution in [0.2, 0.25) is 0 Å². The second-order valence-electron chi connectivity index (χ2n) is 5.79. The predicted octanol–water partition coefficient (Wildman–Crippen LogP) is 2.40. The van der Waals surface area contributed by atoms with Crippen molar-refractivity contribution in [3.05, 3.63) is 78.2 Å². The Balaban J connectivity index is 1.79. The molecule has 0 spiro atoms. The maximum absolute atomic E-state index is 12.7. The lowest BCUT2D eigenvalue weighted by Crippen LogP contribution is -2.39. The van der Waals surface area contributed by atoms with Crippen LogP contribution < -0.4 is 10.6 Å². The van der Waals surface area contributed by atoms with Gasteiger partial charge in [-0.2, -0.15) is 5.10 Å². The zero-order chi connectivity index (χ0) is 18.4. The Labute approximate surface area is 150 Å². The lowest BCUT2D eigenvalue weighted by Gasteiger charge is -2.20. The summed E-state index contributed by atoms with van der Waals surface area (Å²) in [6, 6.07) is 15.3. The molecule has 1 aromatic carbocycles. The highest BCUT2D eigenvalue weighted by Gasteiger charge is 2.26. The van der Waals surface area contributed by atoms with Crippen molar-refractivity contribution < 1.29 is 9.59 Å². The fourth-order valence-electron chi connectivity index (χ4n) is 2.51. The molecule has 3 N–H and O–H groups in total. The van der Waals surface area contributed by atoms with E-state index < -0.39 is 12.0 Å². The van der Waals surface area contributed by atoms with Crippen molar-refractivity contribution in [1.29, 1.82) is 0 Å². The lowest BCUT2D eigenvalue weighted by molar-refractivity contribution is -0.127. The van der Waals surface area contributed by atoms with E-state index in [1.54, 1.807) is 43.5 Å². The summed E-state index contributed by atoms with van der Waals surface area (Å²) in [7, 11) is 0. The van der Waals surface area contributed by atoms with E-state index in [1.807, 2.05) is 24.3 Å². The molecule has 0 saturated carbocycles. The summed E-state index contributed by atoms with van der Waals surface area (Å²) in [5.74, 6) is -0.662. The number of H-pyrrole nitrogens is 1. The number of aromatic nitrogens is 3. The molecule has 0 saturated heterocycles. The van der Waals surface area contributed by atoms with E-state index in [1.165, 1.54) is 6.20 Å². The smallest absolute Gasteiger partial charge is 0.252 e. The SMILES string of the molecule is C[C@@H](C(=O)N[C@@H](C(=O)Nc1ccn[nH]1)c1ccccc1)c1ccccn1. The van der Waals surface area contributed by atoms with Crippen LogP contribution in [-0.4, -0.2) is 27.0 Å². The summed E-state index contributed by atoms with van der Waals surface area (Å²) in [6.07, 6.45) is 3.17. The van der Waals surface area contributed by atoms with Crippen LogP contribution in [0.25, 0.3) is 0 Å². The van der Waals surface area contributed by atoms with Crippen LogP contribution in [0.4, 0.5) is 5.82 Å². The Bertz CT molecular complexity index is 850. The first kappa shape index (κ1) is 17.3. The van der Waals surface area contributed by atoms with Crippen LogP contribution in [-0.2, 0) is 9.59 Å². The molecule has 2 aromatic heterocycles. The van der Waals surface area contributed by atoms with E-state index in [9.17, 15) is 9.59 Å². The van der Waals surface area contributed by atoms with E-state index in [4.69, 9.17) is 0 Å². The van der Waals surface area contributed by atoms with Crippen molar-refractivity contribution in [2.45, 2.75) is 18.9 Å². The van der Waals surface area contributed by atoms with Gasteiger partial charge in [-0.3, -0.25) is 19.7 Å². The quantitative estimate of drug-likeness (QED) is 0.636. The summed E-state index contributed by atoms with van der Waals surface area (Å²) in [6.45, 7) is 1.76. The number of nitrogens with zero attached hydrogens (tertiary/aromatic N) is 2. The van der Waals surface area contributed by atoms with E-state index in [-0.39, 0.29) is 11.8 Å². The van der Waals surface area contributed by atoms with Gasteiger partial charge in [-0.05, 0) is 24.6 Å². The molecule has 0 bridgehead atoms. The minimum atomic E-state index is -0.835. The van der Waals surface area contributed by atoms with Gasteiger partial charge in [0.2, 0.25) is 5.91 Å². The van der Waals surface area contributed by atoms with Gasteiger partial charge in [-0.15, -0.1) is 0 Å². The summed E-state index contributed by atoms with van der Waals surface area (Å²) in [5, 5.41) is 12.0. The standard InChI is InChI=1S/C19H19N5O2/c1-13(15-9-5-6-11-20-15)18(25)23-17(14-7-3-2-4-8-14)19(26)22-16-10-12-21-24-16/h2-13,17H,1H3,(H,23,25)(H2,21,22,24,26)/t13-,17-/m1/s1. The Morgan fingerprint density at radius 3 is 2.38 bits per heavy atom. The largest absolute Gasteiger partial charge is 0.340 e. The zero-order valence-corrected chi connectivity index (χ0v) is 14.2. The molecule has 0 aliphatic heterocycles. The maximum Gasteiger partial charge on any atom is 0.252 e. The van der Waals surface area contributed by atoms with E-state index >= 15 is 0 Å². The second-order valence-corrected chi connectivity index (χ2v) is 5.79. The topological polar surface area (TPSA) is 99.8 Å². The summed E-state index contributed by atoms with van der Waals surface area (Å²) in [4.78, 5) is 29.6. The number of benzene rings is 1. The molecule has 26 heavy (non-hydrogen) atoms. The van der Waals surface area contributed by atoms with Gasteiger partial charge in [0.1, 0.15) is 11.9 Å². The molecule has 0 fully saturated rings. The number of nitrogens with one attached hydrogen (secondary N) is 3. The van der Waals surface area contributed by atoms with Gasteiger partial charge in [-0.25, -0.2) is 0 Å². The molecule has 0 radical (unpaired) electrons. The van der Waals surface area contributed by atoms with Gasteiger partial charge in [0, 0.05) is 12.3 Å². The van der Waals surface area contributed by atoms with E-state index in [0.717, 1.165) is 0 Å². The predicted molar refractivity (Wildman–Crippen MR) is 97.2 cm³/mol. The zero-order valence-electron chi connectivity index (χ0n) is 14.2. The third kappa shape index (κ3) is 4.13. The second kappa shape index (κ2) is 8.06. The number of anilines is 1. The van der Waals surface area contributed by atoms with Gasteiger partial charge in [0.15, 0.2) is 0 Å². The maximum atomic E-state index is 12.7. The number of aromatic amines is 1. The van der Waals surface area contributed by atoms with Crippen molar-refractivity contribution in [3.63, 3.8) is 0 Å². The normalized spacial score (nSPS) is 12.8. The number of hydrogen-bond donors (Lipinski definition) is 3. The number of rotatable bonds is 6. The Morgan fingerprint density at radius 1 is 0.962 bits per heavy atom. The molecule has 0 aliphatic rings. The van der Waals surface area contributed by atoms with Crippen LogP contribution in [0.3, 0.4) is 0 Å². The van der Waals surface area contributed by atoms with Crippen molar-refractivity contribution in [1.82, 2.24) is 20.5 Å². The van der Waals surface area contributed by atoms with Gasteiger partial charge < -0.3 is 10.6 Å². The minimum absolute atomic E-state index is 0.280. The van der Waals surface area contributed by atoms with Crippen molar-refractivity contribution in [2.75, 3.05) is 5.32 Å². The van der Waals surface area contributed by atoms with Gasteiger partial charge in [0.05, 0.1) is 17.8 Å². The van der Waals surface area contributed by atoms with Crippen LogP contribution >= 0.6 is 0 Å². The fourth-order valence-corrected chi connectivity index (χ4v) is 2.51. The van der Waals surface area contributed by atoms with Crippen LogP contribution in [0.5, 0.6) is 0 Å². The average Bonchev–Trinajstić information content (AvgIpc) is 3.19. The van der Waals surface area contributed by atoms with Crippen LogP contribution in [0, 0.1) is 0 Å². The molecule has 2 atom stereocenters. The summed E-state index contributed by atoms with van der Waals surface area (Å²) >= 11 is 0. The van der Waals surface area contributed by atoms with Crippen LogP contribution in [0.1, 0.15) is 30.1 Å². The molecule has 132 valence electrons. The monoisotopic (exact) mass is 349 g/mol. The summed E-state index contributed by atoms with van der Waals surface area (Å²) < 4.78 is 0. The van der Waals surface area contributed by atoms with E-state index in [0.29, 0.717) is 17.1 Å². The first-order chi connectivity index (χ1) is 12.6. The third-order valence-corrected chi connectivity index (χ3v) is 3.97. The minimum Gasteiger partial charge on any atom is -0.340 e. The number of hydrogen-bond acceptors (Lipinski definition) is 4. The Kier molecular flexibility index (Phi) is 5.38. The van der Waals surface area contributed by atoms with Crippen molar-refractivity contribution >= 4 is 17.6 Å². The van der Waals surface area contributed by atoms with Gasteiger partial charge in [0.25, 0.3) is 5.91 Å². The summed E-state index contributed by atoms with van der Waals surface area (Å²) in [5.41, 5.74) is 1.33. The van der Waals surface area contributed by atoms with Gasteiger partial charge in [-0.1, -0.05) is 36.4 Å². The van der Waals surface area contributed by atoms with E-state index in [2.05, 4.69) is 25.8 Å². The number of carbonyl (C=O) groups excluding carboxylic acids is 2. The Hall–Kier alpha value is -3.48. The lowest BCUT2D eigenvalue weighted by atomic mass is 10.0. The first-order valence-corrected chi connectivity index (χ1v) is 8.21. The first-order valence-electron chi connectivity index (χ1n) is 8.21. The van der Waals surface area contributed by atoms with Crippen molar-refractivity contribution in [2.24, 2.45) is 0 Å². The molecule has 7 nitrogen and oxygen atoms in total. The van der Waals surface area contributed by atoms with Gasteiger partial charge >= 0.3 is 0 Å². The average molecular weight is 349 g/mol. The van der Waals surface area contributed by atoms with Crippen molar-refractivity contribution in [3.8, 4) is 0 Å². The number of pyridine rings is 1. The molecule has 0 aliphatic carbocycles. The molecule has 3 aromatic rings. The molecular formula is C19H19N5O2. The Morgan fingerprint density at radius 2 is 1.73 bits per heavy atom. The van der Waals surface area contributed by atoms with Crippen LogP contribution in [0.15, 0.2) is 67.0 Å². The molecule has 2 amide bonds. The molecular weight excluding hydrogens is 330 g/mol. The number of amides is 2. The highest BCUT2D eigenvalue weighted by Crippen LogP contribution is 2.18. The molecule has 3 rings (SSSR count). The number of carbonyl (C=O) groups is 2. The highest BCUT2D eigenvalue weighted by molar-refractivity contribution is 5.98. The molecule has 2 heterocycles. The highest BCUT2D eigenvalue weighted by atomic mass is 16.2. The third-order valence-electron chi connectivity index (χ3n) is 3.97. The molecule has 7 heteroatoms.